The lowest BCUT2D eigenvalue weighted by atomic mass is 9.80. The highest BCUT2D eigenvalue weighted by Crippen LogP contribution is 2.45. The van der Waals surface area contributed by atoms with Gasteiger partial charge in [0.15, 0.2) is 0 Å². The molecule has 2 unspecified atom stereocenters. The number of halogens is 3. The van der Waals surface area contributed by atoms with E-state index in [1.807, 2.05) is 6.07 Å². The van der Waals surface area contributed by atoms with Crippen LogP contribution in [0, 0.1) is 24.7 Å². The number of esters is 1. The maximum Gasteiger partial charge on any atom is 0.416 e. The number of hydrogen-bond donors (Lipinski definition) is 0. The Morgan fingerprint density at radius 1 is 1.16 bits per heavy atom. The van der Waals surface area contributed by atoms with Crippen LogP contribution in [0.15, 0.2) is 12.1 Å². The second-order valence-electron chi connectivity index (χ2n) is 9.97. The van der Waals surface area contributed by atoms with Gasteiger partial charge in [0.05, 0.1) is 12.7 Å². The van der Waals surface area contributed by atoms with Crippen molar-refractivity contribution >= 4 is 11.7 Å². The van der Waals surface area contributed by atoms with Crippen LogP contribution in [0.1, 0.15) is 87.8 Å². The predicted octanol–water partition coefficient (Wildman–Crippen LogP) is 7.11. The van der Waals surface area contributed by atoms with Crippen LogP contribution in [-0.4, -0.2) is 26.2 Å². The molecule has 1 aliphatic heterocycles. The Bertz CT molecular complexity index is 784. The highest BCUT2D eigenvalue weighted by atomic mass is 19.4. The molecule has 32 heavy (non-hydrogen) atoms. The minimum absolute atomic E-state index is 0.152. The van der Waals surface area contributed by atoms with E-state index >= 15 is 0 Å². The van der Waals surface area contributed by atoms with Gasteiger partial charge in [-0.3, -0.25) is 4.79 Å². The number of methoxy groups -OCH3 is 1. The molecule has 1 heterocycles. The molecule has 0 bridgehead atoms. The molecule has 0 amide bonds. The van der Waals surface area contributed by atoms with Crippen molar-refractivity contribution in [2.75, 3.05) is 25.1 Å². The number of nitrogens with zero attached hydrogens (tertiary/aromatic N) is 1. The van der Waals surface area contributed by atoms with Crippen LogP contribution in [0.5, 0.6) is 0 Å². The molecule has 0 aromatic heterocycles. The molecule has 1 fully saturated rings. The monoisotopic (exact) mass is 453 g/mol. The van der Waals surface area contributed by atoms with Gasteiger partial charge in [0, 0.05) is 25.2 Å². The van der Waals surface area contributed by atoms with E-state index in [-0.39, 0.29) is 5.97 Å². The van der Waals surface area contributed by atoms with Gasteiger partial charge >= 0.3 is 12.1 Å². The van der Waals surface area contributed by atoms with Gasteiger partial charge in [-0.2, -0.15) is 13.2 Å². The quantitative estimate of drug-likeness (QED) is 0.430. The third-order valence-corrected chi connectivity index (χ3v) is 7.82. The topological polar surface area (TPSA) is 29.5 Å². The number of ether oxygens (including phenoxy) is 1. The van der Waals surface area contributed by atoms with Gasteiger partial charge in [0.2, 0.25) is 0 Å². The summed E-state index contributed by atoms with van der Waals surface area (Å²) in [5.74, 6) is 1.41. The Morgan fingerprint density at radius 2 is 1.81 bits per heavy atom. The zero-order valence-corrected chi connectivity index (χ0v) is 19.9. The highest BCUT2D eigenvalue weighted by Gasteiger charge is 2.36. The Balaban J connectivity index is 1.83. The van der Waals surface area contributed by atoms with Crippen molar-refractivity contribution in [2.45, 2.75) is 84.2 Å². The average molecular weight is 454 g/mol. The lowest BCUT2D eigenvalue weighted by Gasteiger charge is -2.35. The number of rotatable bonds is 6. The number of hydrogen-bond acceptors (Lipinski definition) is 3. The summed E-state index contributed by atoms with van der Waals surface area (Å²) in [7, 11) is 1.42. The lowest BCUT2D eigenvalue weighted by Crippen LogP contribution is -2.33. The van der Waals surface area contributed by atoms with Crippen molar-refractivity contribution in [1.82, 2.24) is 0 Å². The SMILES string of the molecule is CCC(C)C1CCCN(CC2CCC(CC(=O)OC)CC2)c2cc(C(F)(F)F)c(C)cc21. The van der Waals surface area contributed by atoms with Gasteiger partial charge in [-0.15, -0.1) is 0 Å². The van der Waals surface area contributed by atoms with Crippen LogP contribution in [0.25, 0.3) is 0 Å². The maximum atomic E-state index is 13.7. The molecule has 180 valence electrons. The van der Waals surface area contributed by atoms with Gasteiger partial charge in [0.25, 0.3) is 0 Å². The Labute approximate surface area is 190 Å². The normalized spacial score (nSPS) is 25.1. The summed E-state index contributed by atoms with van der Waals surface area (Å²) in [4.78, 5) is 13.8. The summed E-state index contributed by atoms with van der Waals surface area (Å²) >= 11 is 0. The number of aryl methyl sites for hydroxylation is 1. The molecule has 2 aliphatic rings. The minimum atomic E-state index is -4.34. The fourth-order valence-electron chi connectivity index (χ4n) is 5.69. The summed E-state index contributed by atoms with van der Waals surface area (Å²) in [6.45, 7) is 7.58. The molecule has 3 rings (SSSR count). The van der Waals surface area contributed by atoms with Gasteiger partial charge in [-0.05, 0) is 86.3 Å². The highest BCUT2D eigenvalue weighted by molar-refractivity contribution is 5.69. The van der Waals surface area contributed by atoms with E-state index in [4.69, 9.17) is 4.74 Å². The van der Waals surface area contributed by atoms with Gasteiger partial charge < -0.3 is 9.64 Å². The van der Waals surface area contributed by atoms with Gasteiger partial charge in [0.1, 0.15) is 0 Å². The van der Waals surface area contributed by atoms with Crippen LogP contribution >= 0.6 is 0 Å². The third kappa shape index (κ3) is 5.79. The molecule has 1 aromatic rings. The zero-order chi connectivity index (χ0) is 23.5. The van der Waals surface area contributed by atoms with E-state index in [1.165, 1.54) is 13.2 Å². The van der Waals surface area contributed by atoms with Gasteiger partial charge in [-0.25, -0.2) is 0 Å². The molecular weight excluding hydrogens is 415 g/mol. The molecule has 6 heteroatoms. The first-order valence-electron chi connectivity index (χ1n) is 12.2. The first-order chi connectivity index (χ1) is 15.1. The Morgan fingerprint density at radius 3 is 2.41 bits per heavy atom. The van der Waals surface area contributed by atoms with E-state index < -0.39 is 11.7 Å². The smallest absolute Gasteiger partial charge is 0.416 e. The number of benzene rings is 1. The number of carbonyl (C=O) groups is 1. The second kappa shape index (κ2) is 10.5. The van der Waals surface area contributed by atoms with Crippen LogP contribution < -0.4 is 4.90 Å². The summed E-state index contributed by atoms with van der Waals surface area (Å²) < 4.78 is 46.0. The molecule has 0 saturated heterocycles. The van der Waals surface area contributed by atoms with Crippen molar-refractivity contribution in [2.24, 2.45) is 17.8 Å². The number of anilines is 1. The van der Waals surface area contributed by atoms with E-state index in [9.17, 15) is 18.0 Å². The minimum Gasteiger partial charge on any atom is -0.469 e. The molecule has 3 nitrogen and oxygen atoms in total. The fraction of sp³-hybridized carbons (Fsp3) is 0.731. The number of alkyl halides is 3. The first kappa shape index (κ1) is 24.9. The molecule has 0 N–H and O–H groups in total. The van der Waals surface area contributed by atoms with Crippen LogP contribution in [-0.2, 0) is 15.7 Å². The Hall–Kier alpha value is -1.72. The fourth-order valence-corrected chi connectivity index (χ4v) is 5.69. The maximum absolute atomic E-state index is 13.7. The molecule has 2 atom stereocenters. The Kier molecular flexibility index (Phi) is 8.16. The van der Waals surface area contributed by atoms with Crippen molar-refractivity contribution in [3.63, 3.8) is 0 Å². The van der Waals surface area contributed by atoms with E-state index in [1.54, 1.807) is 6.92 Å². The zero-order valence-electron chi connectivity index (χ0n) is 19.9. The molecule has 1 saturated carbocycles. The summed E-state index contributed by atoms with van der Waals surface area (Å²) in [6, 6.07) is 3.24. The van der Waals surface area contributed by atoms with Crippen molar-refractivity contribution in [1.29, 1.82) is 0 Å². The summed E-state index contributed by atoms with van der Waals surface area (Å²) in [5, 5.41) is 0. The molecular formula is C26H38F3NO2. The van der Waals surface area contributed by atoms with Crippen molar-refractivity contribution in [3.8, 4) is 0 Å². The molecule has 1 aromatic carbocycles. The lowest BCUT2D eigenvalue weighted by molar-refractivity contribution is -0.142. The molecule has 1 aliphatic carbocycles. The molecule has 0 radical (unpaired) electrons. The van der Waals surface area contributed by atoms with Crippen LogP contribution in [0.4, 0.5) is 18.9 Å². The first-order valence-corrected chi connectivity index (χ1v) is 12.2. The van der Waals surface area contributed by atoms with Crippen molar-refractivity contribution in [3.05, 3.63) is 28.8 Å². The van der Waals surface area contributed by atoms with E-state index in [0.717, 1.165) is 69.3 Å². The number of fused-ring (bicyclic) bond motifs is 1. The summed E-state index contributed by atoms with van der Waals surface area (Å²) in [5.41, 5.74) is 1.71. The number of carbonyl (C=O) groups excluding carboxylic acids is 1. The molecule has 0 spiro atoms. The standard InChI is InChI=1S/C26H38F3NO2/c1-5-17(2)21-7-6-12-30(16-20-10-8-19(9-11-20)14-25(31)32-4)24-15-23(26(27,28)29)18(3)13-22(21)24/h13,15,17,19-21H,5-12,14,16H2,1-4H3. The largest absolute Gasteiger partial charge is 0.469 e. The van der Waals surface area contributed by atoms with E-state index in [0.29, 0.717) is 35.7 Å². The van der Waals surface area contributed by atoms with Gasteiger partial charge in [-0.1, -0.05) is 26.3 Å². The van der Waals surface area contributed by atoms with Crippen LogP contribution in [0.2, 0.25) is 0 Å². The second-order valence-corrected chi connectivity index (χ2v) is 9.97. The van der Waals surface area contributed by atoms with Crippen molar-refractivity contribution < 1.29 is 22.7 Å². The summed E-state index contributed by atoms with van der Waals surface area (Å²) in [6.07, 6.45) is 3.18. The third-order valence-electron chi connectivity index (χ3n) is 7.82. The van der Waals surface area contributed by atoms with Crippen LogP contribution in [0.3, 0.4) is 0 Å². The predicted molar refractivity (Wildman–Crippen MR) is 122 cm³/mol. The average Bonchev–Trinajstić information content (AvgIpc) is 2.92. The van der Waals surface area contributed by atoms with E-state index in [2.05, 4.69) is 18.7 Å².